The van der Waals surface area contributed by atoms with Crippen LogP contribution in [-0.2, 0) is 11.3 Å². The number of aromatic amines is 1. The summed E-state index contributed by atoms with van der Waals surface area (Å²) < 4.78 is 1.81. The number of aryl methyl sites for hydroxylation is 3. The van der Waals surface area contributed by atoms with Gasteiger partial charge in [0.05, 0.1) is 5.69 Å². The molecule has 7 heteroatoms. The lowest BCUT2D eigenvalue weighted by atomic mass is 10.3. The van der Waals surface area contributed by atoms with Gasteiger partial charge in [-0.15, -0.1) is 0 Å². The third-order valence-corrected chi connectivity index (χ3v) is 2.33. The predicted octanol–water partition coefficient (Wildman–Crippen LogP) is 0.647. The third kappa shape index (κ3) is 2.90. The van der Waals surface area contributed by atoms with Crippen molar-refractivity contribution in [1.29, 1.82) is 0 Å². The summed E-state index contributed by atoms with van der Waals surface area (Å²) in [6.45, 7) is 4.45. The van der Waals surface area contributed by atoms with Gasteiger partial charge in [-0.1, -0.05) is 0 Å². The molecule has 7 nitrogen and oxygen atoms in total. The van der Waals surface area contributed by atoms with E-state index in [1.54, 1.807) is 0 Å². The van der Waals surface area contributed by atoms with E-state index in [1.807, 2.05) is 24.6 Å². The van der Waals surface area contributed by atoms with Gasteiger partial charge in [0.25, 0.3) is 0 Å². The summed E-state index contributed by atoms with van der Waals surface area (Å²) in [5.41, 5.74) is 2.01. The largest absolute Gasteiger partial charge is 0.295 e. The number of anilines is 1. The van der Waals surface area contributed by atoms with E-state index in [4.69, 9.17) is 0 Å². The molecule has 0 spiro atoms. The smallest absolute Gasteiger partial charge is 0.228 e. The Morgan fingerprint density at radius 3 is 2.94 bits per heavy atom. The average molecular weight is 234 g/mol. The Hall–Kier alpha value is -2.18. The van der Waals surface area contributed by atoms with E-state index in [9.17, 15) is 4.79 Å². The van der Waals surface area contributed by atoms with E-state index in [2.05, 4.69) is 25.6 Å². The highest BCUT2D eigenvalue weighted by atomic mass is 16.1. The predicted molar refractivity (Wildman–Crippen MR) is 61.3 cm³/mol. The van der Waals surface area contributed by atoms with Crippen LogP contribution in [0.25, 0.3) is 0 Å². The van der Waals surface area contributed by atoms with Crippen LogP contribution in [0.4, 0.5) is 5.95 Å². The van der Waals surface area contributed by atoms with E-state index in [0.717, 1.165) is 11.4 Å². The number of nitrogens with one attached hydrogen (secondary N) is 2. The Bertz CT molecular complexity index is 501. The molecule has 0 aliphatic rings. The maximum absolute atomic E-state index is 11.6. The normalized spacial score (nSPS) is 10.5. The second kappa shape index (κ2) is 4.77. The lowest BCUT2D eigenvalue weighted by Gasteiger charge is -2.04. The number of carbonyl (C=O) groups is 1. The van der Waals surface area contributed by atoms with Crippen LogP contribution in [0.1, 0.15) is 17.8 Å². The molecule has 0 atom stereocenters. The van der Waals surface area contributed by atoms with Gasteiger partial charge in [-0.2, -0.15) is 15.2 Å². The monoisotopic (exact) mass is 234 g/mol. The Kier molecular flexibility index (Phi) is 3.17. The van der Waals surface area contributed by atoms with E-state index in [1.165, 1.54) is 6.33 Å². The van der Waals surface area contributed by atoms with Gasteiger partial charge >= 0.3 is 0 Å². The fourth-order valence-corrected chi connectivity index (χ4v) is 1.57. The molecular weight excluding hydrogens is 220 g/mol. The van der Waals surface area contributed by atoms with Crippen molar-refractivity contribution in [2.24, 2.45) is 0 Å². The van der Waals surface area contributed by atoms with Gasteiger partial charge in [0, 0.05) is 18.7 Å². The number of hydrogen-bond acceptors (Lipinski definition) is 4. The Labute approximate surface area is 98.2 Å². The van der Waals surface area contributed by atoms with Crippen LogP contribution in [0, 0.1) is 13.8 Å². The molecule has 2 heterocycles. The number of carbonyl (C=O) groups excluding carboxylic acids is 1. The van der Waals surface area contributed by atoms with Crippen molar-refractivity contribution >= 4 is 11.9 Å². The fraction of sp³-hybridized carbons (Fsp3) is 0.400. The molecule has 0 aromatic carbocycles. The van der Waals surface area contributed by atoms with Crippen molar-refractivity contribution in [3.05, 3.63) is 23.8 Å². The Balaban J connectivity index is 1.86. The summed E-state index contributed by atoms with van der Waals surface area (Å²) >= 11 is 0. The van der Waals surface area contributed by atoms with Crippen LogP contribution in [0.3, 0.4) is 0 Å². The summed E-state index contributed by atoms with van der Waals surface area (Å²) in [6.07, 6.45) is 1.69. The van der Waals surface area contributed by atoms with Crippen molar-refractivity contribution in [1.82, 2.24) is 25.0 Å². The highest BCUT2D eigenvalue weighted by molar-refractivity contribution is 5.88. The second-order valence-electron chi connectivity index (χ2n) is 3.78. The van der Waals surface area contributed by atoms with E-state index < -0.39 is 0 Å². The highest BCUT2D eigenvalue weighted by Crippen LogP contribution is 2.03. The summed E-state index contributed by atoms with van der Waals surface area (Å²) in [4.78, 5) is 15.4. The number of rotatable bonds is 4. The molecule has 2 rings (SSSR count). The zero-order valence-electron chi connectivity index (χ0n) is 9.77. The van der Waals surface area contributed by atoms with Crippen molar-refractivity contribution in [3.63, 3.8) is 0 Å². The summed E-state index contributed by atoms with van der Waals surface area (Å²) in [6, 6.07) is 1.98. The lowest BCUT2D eigenvalue weighted by molar-refractivity contribution is -0.116. The van der Waals surface area contributed by atoms with Gasteiger partial charge in [-0.05, 0) is 19.9 Å². The number of H-pyrrole nitrogens is 1. The van der Waals surface area contributed by atoms with E-state index in [-0.39, 0.29) is 5.91 Å². The highest BCUT2D eigenvalue weighted by Gasteiger charge is 2.06. The first kappa shape index (κ1) is 11.3. The fourth-order valence-electron chi connectivity index (χ4n) is 1.57. The molecule has 2 aromatic heterocycles. The molecule has 0 saturated carbocycles. The van der Waals surface area contributed by atoms with Crippen molar-refractivity contribution < 1.29 is 4.79 Å². The van der Waals surface area contributed by atoms with Crippen LogP contribution in [0.2, 0.25) is 0 Å². The summed E-state index contributed by atoms with van der Waals surface area (Å²) in [5.74, 6) is 0.248. The quantitative estimate of drug-likeness (QED) is 0.812. The molecule has 1 amide bonds. The number of aromatic nitrogens is 5. The van der Waals surface area contributed by atoms with Gasteiger partial charge in [-0.25, -0.2) is 5.10 Å². The minimum atomic E-state index is -0.116. The van der Waals surface area contributed by atoms with Gasteiger partial charge in [0.2, 0.25) is 11.9 Å². The van der Waals surface area contributed by atoms with Gasteiger partial charge in [0.1, 0.15) is 6.33 Å². The number of amides is 1. The Morgan fingerprint density at radius 2 is 2.35 bits per heavy atom. The molecule has 90 valence electrons. The van der Waals surface area contributed by atoms with Crippen LogP contribution in [-0.4, -0.2) is 30.9 Å². The topological polar surface area (TPSA) is 88.5 Å². The third-order valence-electron chi connectivity index (χ3n) is 2.33. The first-order valence-electron chi connectivity index (χ1n) is 5.31. The molecule has 17 heavy (non-hydrogen) atoms. The van der Waals surface area contributed by atoms with Crippen LogP contribution >= 0.6 is 0 Å². The zero-order chi connectivity index (χ0) is 12.3. The molecule has 0 bridgehead atoms. The summed E-state index contributed by atoms with van der Waals surface area (Å²) in [7, 11) is 0. The SMILES string of the molecule is Cc1cc(C)n(CCC(=O)Nc2ncn[nH]2)n1. The maximum atomic E-state index is 11.6. The summed E-state index contributed by atoms with van der Waals surface area (Å²) in [5, 5.41) is 13.1. The molecule has 0 saturated heterocycles. The first-order valence-corrected chi connectivity index (χ1v) is 5.31. The van der Waals surface area contributed by atoms with E-state index >= 15 is 0 Å². The minimum absolute atomic E-state index is 0.116. The molecule has 2 aromatic rings. The molecule has 0 aliphatic carbocycles. The van der Waals surface area contributed by atoms with Gasteiger partial charge in [-0.3, -0.25) is 14.8 Å². The standard InChI is InChI=1S/C10H14N6O/c1-7-5-8(2)16(15-7)4-3-9(17)13-10-11-6-12-14-10/h5-6H,3-4H2,1-2H3,(H2,11,12,13,14,17). The van der Waals surface area contributed by atoms with E-state index in [0.29, 0.717) is 18.9 Å². The Morgan fingerprint density at radius 1 is 1.53 bits per heavy atom. The number of nitrogens with zero attached hydrogens (tertiary/aromatic N) is 4. The molecule has 0 unspecified atom stereocenters. The van der Waals surface area contributed by atoms with Crippen molar-refractivity contribution in [2.75, 3.05) is 5.32 Å². The lowest BCUT2D eigenvalue weighted by Crippen LogP contribution is -2.16. The van der Waals surface area contributed by atoms with Gasteiger partial charge in [0.15, 0.2) is 0 Å². The van der Waals surface area contributed by atoms with Crippen molar-refractivity contribution in [3.8, 4) is 0 Å². The zero-order valence-corrected chi connectivity index (χ0v) is 9.77. The average Bonchev–Trinajstić information content (AvgIpc) is 2.86. The minimum Gasteiger partial charge on any atom is -0.295 e. The molecule has 0 fully saturated rings. The molecule has 0 radical (unpaired) electrons. The van der Waals surface area contributed by atoms with Crippen LogP contribution < -0.4 is 5.32 Å². The maximum Gasteiger partial charge on any atom is 0.228 e. The first-order chi connectivity index (χ1) is 8.15. The van der Waals surface area contributed by atoms with Crippen LogP contribution in [0.15, 0.2) is 12.4 Å². The molecular formula is C10H14N6O. The van der Waals surface area contributed by atoms with Crippen LogP contribution in [0.5, 0.6) is 0 Å². The molecule has 0 aliphatic heterocycles. The number of hydrogen-bond donors (Lipinski definition) is 2. The molecule has 2 N–H and O–H groups in total. The van der Waals surface area contributed by atoms with Gasteiger partial charge < -0.3 is 0 Å². The van der Waals surface area contributed by atoms with Crippen molar-refractivity contribution in [2.45, 2.75) is 26.8 Å². The second-order valence-corrected chi connectivity index (χ2v) is 3.78.